The van der Waals surface area contributed by atoms with Gasteiger partial charge in [-0.05, 0) is 25.7 Å². The van der Waals surface area contributed by atoms with E-state index in [1.54, 1.807) is 5.57 Å². The summed E-state index contributed by atoms with van der Waals surface area (Å²) in [6, 6.07) is 0. The number of allylic oxidation sites excluding steroid dienone is 6. The molecule has 0 saturated heterocycles. The van der Waals surface area contributed by atoms with Gasteiger partial charge in [0.15, 0.2) is 0 Å². The molecule has 1 aliphatic rings. The van der Waals surface area contributed by atoms with Crippen LogP contribution in [0.5, 0.6) is 0 Å². The van der Waals surface area contributed by atoms with Gasteiger partial charge in [0.2, 0.25) is 0 Å². The second-order valence-corrected chi connectivity index (χ2v) is 3.16. The van der Waals surface area contributed by atoms with Gasteiger partial charge in [0, 0.05) is 0 Å². The van der Waals surface area contributed by atoms with Crippen molar-refractivity contribution < 1.29 is 0 Å². The molecule has 11 heavy (non-hydrogen) atoms. The van der Waals surface area contributed by atoms with Crippen LogP contribution in [0.2, 0.25) is 0 Å². The Morgan fingerprint density at radius 2 is 2.45 bits per heavy atom. The summed E-state index contributed by atoms with van der Waals surface area (Å²) in [5.74, 6) is 0.700. The minimum Gasteiger partial charge on any atom is -0.0914 e. The molecule has 1 atom stereocenters. The maximum Gasteiger partial charge on any atom is -0.0132 e. The molecule has 0 heteroatoms. The zero-order valence-corrected chi connectivity index (χ0v) is 7.38. The molecule has 1 unspecified atom stereocenters. The van der Waals surface area contributed by atoms with Gasteiger partial charge in [0.05, 0.1) is 0 Å². The van der Waals surface area contributed by atoms with E-state index in [1.807, 2.05) is 0 Å². The zero-order chi connectivity index (χ0) is 8.10. The highest BCUT2D eigenvalue weighted by Crippen LogP contribution is 2.19. The van der Waals surface area contributed by atoms with E-state index in [4.69, 9.17) is 0 Å². The summed E-state index contributed by atoms with van der Waals surface area (Å²) in [4.78, 5) is 0. The minimum absolute atomic E-state index is 0.700. The third-order valence-electron chi connectivity index (χ3n) is 1.95. The molecule has 0 saturated carbocycles. The van der Waals surface area contributed by atoms with Crippen molar-refractivity contribution in [3.05, 3.63) is 36.0 Å². The van der Waals surface area contributed by atoms with E-state index in [0.717, 1.165) is 0 Å². The summed E-state index contributed by atoms with van der Waals surface area (Å²) in [5.41, 5.74) is 1.57. The van der Waals surface area contributed by atoms with E-state index < -0.39 is 0 Å². The molecule has 0 heterocycles. The minimum atomic E-state index is 0.700. The molecule has 0 aromatic carbocycles. The Hall–Kier alpha value is -0.780. The normalized spacial score (nSPS) is 19.3. The fourth-order valence-electron chi connectivity index (χ4n) is 1.45. The Kier molecular flexibility index (Phi) is 3.15. The van der Waals surface area contributed by atoms with Gasteiger partial charge in [0.25, 0.3) is 0 Å². The van der Waals surface area contributed by atoms with Crippen LogP contribution in [-0.2, 0) is 0 Å². The molecule has 0 amide bonds. The molecule has 1 rings (SSSR count). The SMILES string of the molecule is CC=CC(C)CC1=CC=CC1. The first kappa shape index (κ1) is 8.32. The van der Waals surface area contributed by atoms with Crippen LogP contribution in [0.25, 0.3) is 0 Å². The van der Waals surface area contributed by atoms with Crippen LogP contribution in [-0.4, -0.2) is 0 Å². The van der Waals surface area contributed by atoms with E-state index in [-0.39, 0.29) is 0 Å². The summed E-state index contributed by atoms with van der Waals surface area (Å²) in [7, 11) is 0. The third-order valence-corrected chi connectivity index (χ3v) is 1.95. The first-order valence-corrected chi connectivity index (χ1v) is 4.30. The van der Waals surface area contributed by atoms with Gasteiger partial charge in [-0.1, -0.05) is 42.9 Å². The lowest BCUT2D eigenvalue weighted by molar-refractivity contribution is 0.708. The van der Waals surface area contributed by atoms with E-state index in [9.17, 15) is 0 Å². The summed E-state index contributed by atoms with van der Waals surface area (Å²) in [5, 5.41) is 0. The summed E-state index contributed by atoms with van der Waals surface area (Å²) < 4.78 is 0. The van der Waals surface area contributed by atoms with Gasteiger partial charge in [-0.25, -0.2) is 0 Å². The van der Waals surface area contributed by atoms with Crippen molar-refractivity contribution >= 4 is 0 Å². The Morgan fingerprint density at radius 1 is 1.64 bits per heavy atom. The number of rotatable bonds is 3. The van der Waals surface area contributed by atoms with Crippen LogP contribution in [0.3, 0.4) is 0 Å². The van der Waals surface area contributed by atoms with Crippen molar-refractivity contribution in [3.8, 4) is 0 Å². The van der Waals surface area contributed by atoms with Crippen LogP contribution in [0, 0.1) is 5.92 Å². The molecule has 1 aliphatic carbocycles. The van der Waals surface area contributed by atoms with Crippen LogP contribution >= 0.6 is 0 Å². The molecule has 60 valence electrons. The Balaban J connectivity index is 2.31. The Morgan fingerprint density at radius 3 is 3.00 bits per heavy atom. The van der Waals surface area contributed by atoms with Crippen LogP contribution in [0.1, 0.15) is 26.7 Å². The third kappa shape index (κ3) is 2.75. The van der Waals surface area contributed by atoms with Gasteiger partial charge in [-0.15, -0.1) is 0 Å². The van der Waals surface area contributed by atoms with Gasteiger partial charge < -0.3 is 0 Å². The number of hydrogen-bond acceptors (Lipinski definition) is 0. The fourth-order valence-corrected chi connectivity index (χ4v) is 1.45. The largest absolute Gasteiger partial charge is 0.0914 e. The highest BCUT2D eigenvalue weighted by molar-refractivity contribution is 5.23. The molecule has 0 spiro atoms. The summed E-state index contributed by atoms with van der Waals surface area (Å²) >= 11 is 0. The zero-order valence-electron chi connectivity index (χ0n) is 7.38. The molecule has 0 nitrogen and oxygen atoms in total. The van der Waals surface area contributed by atoms with Crippen molar-refractivity contribution in [3.63, 3.8) is 0 Å². The first-order valence-electron chi connectivity index (χ1n) is 4.30. The highest BCUT2D eigenvalue weighted by Gasteiger charge is 2.02. The van der Waals surface area contributed by atoms with Gasteiger partial charge in [-0.2, -0.15) is 0 Å². The molecule has 0 N–H and O–H groups in total. The second kappa shape index (κ2) is 4.17. The first-order chi connectivity index (χ1) is 5.33. The maximum absolute atomic E-state index is 2.26. The predicted octanol–water partition coefficient (Wildman–Crippen LogP) is 3.48. The molecule has 0 aliphatic heterocycles. The second-order valence-electron chi connectivity index (χ2n) is 3.16. The lowest BCUT2D eigenvalue weighted by Crippen LogP contribution is -1.90. The molecule has 0 radical (unpaired) electrons. The highest BCUT2D eigenvalue weighted by atomic mass is 14.1. The summed E-state index contributed by atoms with van der Waals surface area (Å²) in [6.07, 6.45) is 13.4. The van der Waals surface area contributed by atoms with Gasteiger partial charge in [-0.3, -0.25) is 0 Å². The van der Waals surface area contributed by atoms with Crippen LogP contribution in [0.15, 0.2) is 36.0 Å². The molecule has 0 aromatic rings. The lowest BCUT2D eigenvalue weighted by Gasteiger charge is -2.05. The van der Waals surface area contributed by atoms with Crippen molar-refractivity contribution in [2.75, 3.05) is 0 Å². The van der Waals surface area contributed by atoms with Crippen molar-refractivity contribution in [1.82, 2.24) is 0 Å². The Labute approximate surface area is 69.3 Å². The average molecular weight is 148 g/mol. The van der Waals surface area contributed by atoms with Crippen LogP contribution < -0.4 is 0 Å². The van der Waals surface area contributed by atoms with Gasteiger partial charge >= 0.3 is 0 Å². The van der Waals surface area contributed by atoms with E-state index in [1.165, 1.54) is 12.8 Å². The smallest absolute Gasteiger partial charge is 0.0132 e. The van der Waals surface area contributed by atoms with E-state index in [0.29, 0.717) is 5.92 Å². The maximum atomic E-state index is 2.26. The average Bonchev–Trinajstić information content (AvgIpc) is 2.40. The van der Waals surface area contributed by atoms with E-state index >= 15 is 0 Å². The van der Waals surface area contributed by atoms with Crippen molar-refractivity contribution in [1.29, 1.82) is 0 Å². The molecular weight excluding hydrogens is 132 g/mol. The standard InChI is InChI=1S/C11H16/c1-3-6-10(2)9-11-7-4-5-8-11/h3-7,10H,8-9H2,1-2H3. The van der Waals surface area contributed by atoms with Crippen molar-refractivity contribution in [2.24, 2.45) is 5.92 Å². The van der Waals surface area contributed by atoms with Crippen LogP contribution in [0.4, 0.5) is 0 Å². The monoisotopic (exact) mass is 148 g/mol. The quantitative estimate of drug-likeness (QED) is 0.537. The molecule has 0 bridgehead atoms. The fraction of sp³-hybridized carbons (Fsp3) is 0.455. The topological polar surface area (TPSA) is 0 Å². The van der Waals surface area contributed by atoms with Crippen molar-refractivity contribution in [2.45, 2.75) is 26.7 Å². The molecule has 0 aromatic heterocycles. The molecule has 0 fully saturated rings. The predicted molar refractivity (Wildman–Crippen MR) is 50.4 cm³/mol. The molecular formula is C11H16. The van der Waals surface area contributed by atoms with Gasteiger partial charge in [0.1, 0.15) is 0 Å². The lowest BCUT2D eigenvalue weighted by atomic mass is 10.0. The Bertz CT molecular complexity index is 194. The van der Waals surface area contributed by atoms with E-state index in [2.05, 4.69) is 44.2 Å². The summed E-state index contributed by atoms with van der Waals surface area (Å²) in [6.45, 7) is 4.34. The number of hydrogen-bond donors (Lipinski definition) is 0.